The van der Waals surface area contributed by atoms with E-state index in [9.17, 15) is 4.79 Å². The van der Waals surface area contributed by atoms with Gasteiger partial charge in [0, 0.05) is 60.0 Å². The van der Waals surface area contributed by atoms with Crippen molar-refractivity contribution >= 4 is 45.0 Å². The number of allylic oxidation sites excluding steroid dienone is 3. The standard InChI is InChI=1S/C30H34FN5OS/c1-5-24-19(2)6-7-27(38-20(24)3)25-14-22-16-28(33-18-23(22)15-26(25)31)34-30(37)21-8-9-32-29(17-21)36-12-10-35(4)11-13-36/h7-9,14-19H,5-6,10-13H2,1-4H3,(H,33,34,37). The summed E-state index contributed by atoms with van der Waals surface area (Å²) in [6.45, 7) is 10.2. The van der Waals surface area contributed by atoms with Crippen molar-refractivity contribution in [1.82, 2.24) is 14.9 Å². The van der Waals surface area contributed by atoms with E-state index in [2.05, 4.69) is 59.0 Å². The van der Waals surface area contributed by atoms with Gasteiger partial charge in [0.05, 0.1) is 0 Å². The molecule has 0 radical (unpaired) electrons. The summed E-state index contributed by atoms with van der Waals surface area (Å²) in [6.07, 6.45) is 7.32. The Balaban J connectivity index is 1.38. The molecule has 38 heavy (non-hydrogen) atoms. The van der Waals surface area contributed by atoms with E-state index < -0.39 is 0 Å². The van der Waals surface area contributed by atoms with Crippen LogP contribution in [0.5, 0.6) is 0 Å². The largest absolute Gasteiger partial charge is 0.354 e. The second kappa shape index (κ2) is 11.3. The van der Waals surface area contributed by atoms with Crippen LogP contribution in [0, 0.1) is 11.7 Å². The number of benzene rings is 1. The van der Waals surface area contributed by atoms with Gasteiger partial charge in [0.25, 0.3) is 5.91 Å². The van der Waals surface area contributed by atoms with Crippen molar-refractivity contribution in [2.24, 2.45) is 5.92 Å². The zero-order valence-electron chi connectivity index (χ0n) is 22.4. The van der Waals surface area contributed by atoms with Crippen molar-refractivity contribution in [3.05, 3.63) is 76.2 Å². The molecule has 1 unspecified atom stereocenters. The molecule has 2 aliphatic rings. The van der Waals surface area contributed by atoms with Crippen LogP contribution in [-0.4, -0.2) is 54.0 Å². The van der Waals surface area contributed by atoms with Gasteiger partial charge >= 0.3 is 0 Å². The van der Waals surface area contributed by atoms with Crippen LogP contribution in [0.25, 0.3) is 15.7 Å². The zero-order valence-corrected chi connectivity index (χ0v) is 23.2. The molecule has 3 aromatic rings. The van der Waals surface area contributed by atoms with Crippen molar-refractivity contribution in [3.8, 4) is 0 Å². The summed E-state index contributed by atoms with van der Waals surface area (Å²) in [7, 11) is 2.11. The van der Waals surface area contributed by atoms with E-state index in [0.717, 1.165) is 55.1 Å². The first-order valence-corrected chi connectivity index (χ1v) is 14.0. The Labute approximate surface area is 228 Å². The average Bonchev–Trinajstić information content (AvgIpc) is 3.05. The fraction of sp³-hybridized carbons (Fsp3) is 0.367. The van der Waals surface area contributed by atoms with Gasteiger partial charge in [-0.2, -0.15) is 0 Å². The third-order valence-electron chi connectivity index (χ3n) is 7.50. The summed E-state index contributed by atoms with van der Waals surface area (Å²) in [5, 5.41) is 4.44. The first kappa shape index (κ1) is 26.4. The highest BCUT2D eigenvalue weighted by Gasteiger charge is 2.20. The van der Waals surface area contributed by atoms with E-state index >= 15 is 4.39 Å². The van der Waals surface area contributed by atoms with Crippen molar-refractivity contribution in [1.29, 1.82) is 0 Å². The summed E-state index contributed by atoms with van der Waals surface area (Å²) in [6, 6.07) is 8.74. The predicted octanol–water partition coefficient (Wildman–Crippen LogP) is 6.57. The second-order valence-electron chi connectivity index (χ2n) is 10.1. The Hall–Kier alpha value is -3.23. The fourth-order valence-corrected chi connectivity index (χ4v) is 6.44. The smallest absolute Gasteiger partial charge is 0.257 e. The molecule has 6 nitrogen and oxygen atoms in total. The molecule has 0 spiro atoms. The molecular weight excluding hydrogens is 497 g/mol. The number of rotatable bonds is 5. The Morgan fingerprint density at radius 2 is 1.92 bits per heavy atom. The van der Waals surface area contributed by atoms with Crippen molar-refractivity contribution in [2.75, 3.05) is 43.4 Å². The number of hydrogen-bond acceptors (Lipinski definition) is 6. The van der Waals surface area contributed by atoms with Gasteiger partial charge in [-0.25, -0.2) is 14.4 Å². The molecule has 1 atom stereocenters. The van der Waals surface area contributed by atoms with Crippen LogP contribution in [-0.2, 0) is 0 Å². The number of pyridine rings is 2. The van der Waals surface area contributed by atoms with Gasteiger partial charge in [0.1, 0.15) is 17.5 Å². The predicted molar refractivity (Wildman–Crippen MR) is 156 cm³/mol. The van der Waals surface area contributed by atoms with Gasteiger partial charge in [-0.05, 0) is 73.4 Å². The lowest BCUT2D eigenvalue weighted by Gasteiger charge is -2.33. The van der Waals surface area contributed by atoms with E-state index in [-0.39, 0.29) is 11.7 Å². The third kappa shape index (κ3) is 5.61. The summed E-state index contributed by atoms with van der Waals surface area (Å²) >= 11 is 1.65. The van der Waals surface area contributed by atoms with Crippen LogP contribution in [0.4, 0.5) is 16.0 Å². The monoisotopic (exact) mass is 531 g/mol. The SMILES string of the molecule is CCC1=C(C)SC(c2cc3cc(NC(=O)c4ccnc(N5CCN(C)CC5)c4)ncc3cc2F)=CCC1C. The number of nitrogens with one attached hydrogen (secondary N) is 1. The molecule has 0 saturated carbocycles. The molecule has 0 bridgehead atoms. The molecule has 8 heteroatoms. The van der Waals surface area contributed by atoms with Crippen LogP contribution in [0.1, 0.15) is 49.5 Å². The van der Waals surface area contributed by atoms with E-state index in [1.54, 1.807) is 30.2 Å². The number of fused-ring (bicyclic) bond motifs is 1. The van der Waals surface area contributed by atoms with Crippen LogP contribution in [0.15, 0.2) is 59.3 Å². The molecule has 1 saturated heterocycles. The maximum atomic E-state index is 15.2. The quantitative estimate of drug-likeness (QED) is 0.402. The number of hydrogen-bond donors (Lipinski definition) is 1. The lowest BCUT2D eigenvalue weighted by molar-refractivity contribution is 0.102. The Morgan fingerprint density at radius 1 is 1.13 bits per heavy atom. The number of aromatic nitrogens is 2. The fourth-order valence-electron chi connectivity index (χ4n) is 5.19. The molecule has 1 aromatic carbocycles. The molecule has 5 rings (SSSR count). The minimum atomic E-state index is -0.261. The summed E-state index contributed by atoms with van der Waals surface area (Å²) in [4.78, 5) is 28.6. The van der Waals surface area contributed by atoms with Gasteiger partial charge < -0.3 is 15.1 Å². The summed E-state index contributed by atoms with van der Waals surface area (Å²) in [5.41, 5.74) is 2.54. The van der Waals surface area contributed by atoms with Gasteiger partial charge in [-0.1, -0.05) is 37.3 Å². The minimum absolute atomic E-state index is 0.249. The number of amides is 1. The molecule has 198 valence electrons. The maximum absolute atomic E-state index is 15.2. The summed E-state index contributed by atoms with van der Waals surface area (Å²) < 4.78 is 15.2. The second-order valence-corrected chi connectivity index (χ2v) is 11.4. The van der Waals surface area contributed by atoms with Gasteiger partial charge in [-0.3, -0.25) is 4.79 Å². The Bertz CT molecular complexity index is 1430. The highest BCUT2D eigenvalue weighted by Crippen LogP contribution is 2.43. The summed E-state index contributed by atoms with van der Waals surface area (Å²) in [5.74, 6) is 1.17. The van der Waals surface area contributed by atoms with Crippen molar-refractivity contribution < 1.29 is 9.18 Å². The molecule has 1 fully saturated rings. The van der Waals surface area contributed by atoms with E-state index in [1.165, 1.54) is 16.5 Å². The highest BCUT2D eigenvalue weighted by molar-refractivity contribution is 8.11. The van der Waals surface area contributed by atoms with E-state index in [4.69, 9.17) is 0 Å². The van der Waals surface area contributed by atoms with Gasteiger partial charge in [-0.15, -0.1) is 0 Å². The molecule has 0 aliphatic carbocycles. The van der Waals surface area contributed by atoms with E-state index in [0.29, 0.717) is 28.2 Å². The normalized spacial score (nSPS) is 18.9. The van der Waals surface area contributed by atoms with E-state index in [1.807, 2.05) is 18.2 Å². The minimum Gasteiger partial charge on any atom is -0.354 e. The van der Waals surface area contributed by atoms with Crippen LogP contribution in [0.3, 0.4) is 0 Å². The zero-order chi connectivity index (χ0) is 26.8. The molecule has 1 N–H and O–H groups in total. The number of carbonyl (C=O) groups excluding carboxylic acids is 1. The molecule has 2 aromatic heterocycles. The van der Waals surface area contributed by atoms with Gasteiger partial charge in [0.2, 0.25) is 0 Å². The van der Waals surface area contributed by atoms with Crippen LogP contribution < -0.4 is 10.2 Å². The number of piperazine rings is 1. The first-order valence-electron chi connectivity index (χ1n) is 13.2. The van der Waals surface area contributed by atoms with Crippen molar-refractivity contribution in [2.45, 2.75) is 33.6 Å². The number of thioether (sulfide) groups is 1. The molecule has 2 aliphatic heterocycles. The molecule has 4 heterocycles. The number of anilines is 2. The number of nitrogens with zero attached hydrogens (tertiary/aromatic N) is 4. The Morgan fingerprint density at radius 3 is 2.68 bits per heavy atom. The molecule has 1 amide bonds. The average molecular weight is 532 g/mol. The lowest BCUT2D eigenvalue weighted by atomic mass is 9.95. The van der Waals surface area contributed by atoms with Crippen LogP contribution >= 0.6 is 11.8 Å². The van der Waals surface area contributed by atoms with Gasteiger partial charge in [0.15, 0.2) is 0 Å². The number of halogens is 1. The topological polar surface area (TPSA) is 61.4 Å². The number of likely N-dealkylation sites (N-methyl/N-ethyl adjacent to an activating group) is 1. The molecular formula is C30H34FN5OS. The van der Waals surface area contributed by atoms with Crippen molar-refractivity contribution in [3.63, 3.8) is 0 Å². The Kier molecular flexibility index (Phi) is 7.81. The number of carbonyl (C=O) groups is 1. The van der Waals surface area contributed by atoms with Crippen LogP contribution in [0.2, 0.25) is 0 Å². The highest BCUT2D eigenvalue weighted by atomic mass is 32.2. The third-order valence-corrected chi connectivity index (χ3v) is 8.67. The maximum Gasteiger partial charge on any atom is 0.257 e. The lowest BCUT2D eigenvalue weighted by Crippen LogP contribution is -2.44. The first-order chi connectivity index (χ1) is 18.3.